The van der Waals surface area contributed by atoms with Gasteiger partial charge in [0.1, 0.15) is 23.0 Å². The van der Waals surface area contributed by atoms with Gasteiger partial charge in [0.25, 0.3) is 0 Å². The number of hydrogen-bond acceptors (Lipinski definition) is 6. The molecule has 227 valence electrons. The van der Waals surface area contributed by atoms with Crippen molar-refractivity contribution in [1.29, 1.82) is 0 Å². The molecule has 2 aromatic rings. The molecule has 0 amide bonds. The summed E-state index contributed by atoms with van der Waals surface area (Å²) >= 11 is -1.44. The molecular weight excluding hydrogens is 624 g/mol. The van der Waals surface area contributed by atoms with Crippen molar-refractivity contribution in [3.8, 4) is 34.5 Å². The van der Waals surface area contributed by atoms with Gasteiger partial charge in [-0.2, -0.15) is 0 Å². The zero-order valence-corrected chi connectivity index (χ0v) is 30.2. The number of hydrogen-bond donors (Lipinski definition) is 0. The van der Waals surface area contributed by atoms with E-state index < -0.39 is 26.8 Å². The van der Waals surface area contributed by atoms with E-state index in [0.29, 0.717) is 23.0 Å². The summed E-state index contributed by atoms with van der Waals surface area (Å²) in [7, 11) is 5.82. The number of methoxy groups -OCH3 is 4. The molecule has 0 saturated heterocycles. The number of ether oxygens (including phenoxy) is 4. The fourth-order valence-corrected chi connectivity index (χ4v) is 24.1. The van der Waals surface area contributed by atoms with Gasteiger partial charge in [0.15, 0.2) is 0 Å². The number of rotatable bonds is 11. The molecule has 8 heteroatoms. The maximum Gasteiger partial charge on any atom is 0.114 e. The van der Waals surface area contributed by atoms with E-state index in [1.165, 1.54) is 67.0 Å². The summed E-state index contributed by atoms with van der Waals surface area (Å²) in [5.74, 6) is 0.324. The molecule has 0 atom stereocenters. The Morgan fingerprint density at radius 3 is 1.24 bits per heavy atom. The molecule has 4 rings (SSSR count). The number of benzene rings is 2. The van der Waals surface area contributed by atoms with E-state index in [-0.39, 0.29) is 11.5 Å². The molecule has 2 aliphatic rings. The first-order valence-corrected chi connectivity index (χ1v) is 24.3. The third-order valence-electron chi connectivity index (χ3n) is 7.00. The molecule has 0 radical (unpaired) electrons. The molecule has 0 saturated carbocycles. The average Bonchev–Trinajstić information content (AvgIpc) is 3.64. The van der Waals surface area contributed by atoms with E-state index in [4.69, 9.17) is 18.9 Å². The van der Waals surface area contributed by atoms with Gasteiger partial charge in [-0.25, -0.2) is 0 Å². The van der Waals surface area contributed by atoms with Gasteiger partial charge >= 0.3 is 134 Å². The van der Waals surface area contributed by atoms with E-state index in [0.717, 1.165) is 0 Å². The third-order valence-corrected chi connectivity index (χ3v) is 26.2. The Bertz CT molecular complexity index is 1130. The Kier molecular flexibility index (Phi) is 15.9. The Labute approximate surface area is 261 Å². The van der Waals surface area contributed by atoms with Crippen LogP contribution in [0, 0.1) is 0 Å². The van der Waals surface area contributed by atoms with Gasteiger partial charge in [0, 0.05) is 0 Å². The van der Waals surface area contributed by atoms with Crippen molar-refractivity contribution < 1.29 is 50.1 Å². The first kappa shape index (κ1) is 35.5. The zero-order valence-electron chi connectivity index (χ0n) is 26.5. The van der Waals surface area contributed by atoms with Gasteiger partial charge in [0.2, 0.25) is 0 Å². The fourth-order valence-electron chi connectivity index (χ4n) is 5.05. The van der Waals surface area contributed by atoms with Crippen LogP contribution in [-0.4, -0.2) is 34.4 Å². The molecule has 2 aliphatic carbocycles. The van der Waals surface area contributed by atoms with Crippen molar-refractivity contribution in [2.45, 2.75) is 65.5 Å². The molecule has 0 unspecified atom stereocenters. The summed E-state index contributed by atoms with van der Waals surface area (Å²) in [6, 6.07) is 9.82. The van der Waals surface area contributed by atoms with Crippen LogP contribution >= 0.6 is 0 Å². The Hall–Kier alpha value is -2.70. The second-order valence-electron chi connectivity index (χ2n) is 10.4. The van der Waals surface area contributed by atoms with Crippen molar-refractivity contribution in [3.63, 3.8) is 0 Å². The van der Waals surface area contributed by atoms with Crippen LogP contribution in [-0.2, 0) is 20.9 Å². The van der Waals surface area contributed by atoms with Crippen LogP contribution in [0.15, 0.2) is 78.4 Å². The second-order valence-corrected chi connectivity index (χ2v) is 29.8. The minimum atomic E-state index is -1.44. The van der Waals surface area contributed by atoms with Gasteiger partial charge in [-0.15, -0.1) is 0 Å². The first-order chi connectivity index (χ1) is 20.2. The quantitative estimate of drug-likeness (QED) is 0.236. The normalized spacial score (nSPS) is 13.5. The van der Waals surface area contributed by atoms with Gasteiger partial charge in [-0.05, 0) is 35.8 Å². The third kappa shape index (κ3) is 10.2. The SMILES string of the molecule is CCCC1=CC[C]([Zr+2]([C]2=CC(CCC)=CC2)[SiH](C)C)=C1.COc1cccc(OC)c1[O-].COc1cccc(OC)c1[O-]. The second kappa shape index (κ2) is 18.8. The smallest absolute Gasteiger partial charge is 0.114 e. The van der Waals surface area contributed by atoms with Crippen LogP contribution < -0.4 is 29.2 Å². The van der Waals surface area contributed by atoms with Gasteiger partial charge in [-0.1, -0.05) is 12.1 Å². The molecule has 0 heterocycles. The molecule has 0 spiro atoms. The van der Waals surface area contributed by atoms with Gasteiger partial charge < -0.3 is 29.2 Å². The van der Waals surface area contributed by atoms with Crippen LogP contribution in [0.2, 0.25) is 13.1 Å². The number of allylic oxidation sites excluding steroid dienone is 8. The van der Waals surface area contributed by atoms with Crippen molar-refractivity contribution in [2.24, 2.45) is 0 Å². The van der Waals surface area contributed by atoms with E-state index >= 15 is 0 Å². The minimum absolute atomic E-state index is 0.211. The van der Waals surface area contributed by atoms with Gasteiger partial charge in [0.05, 0.1) is 28.4 Å². The monoisotopic (exact) mass is 669 g/mol. The summed E-state index contributed by atoms with van der Waals surface area (Å²) in [4.78, 5) is 0. The average molecular weight is 671 g/mol. The molecule has 6 nitrogen and oxygen atoms in total. The molecule has 0 aliphatic heterocycles. The van der Waals surface area contributed by atoms with Crippen molar-refractivity contribution in [2.75, 3.05) is 28.4 Å². The topological polar surface area (TPSA) is 83.0 Å². The van der Waals surface area contributed by atoms with Crippen LogP contribution in [0.3, 0.4) is 0 Å². The molecule has 0 N–H and O–H groups in total. The standard InChI is InChI=1S/2C8H10O3.2C8H11.C2H7Si.Zr/c2*1-10-6-4-3-5-7(11-2)8(6)9;2*1-2-5-8-6-3-4-7-8;1-3-2;/h2*3-5,9H,1-2H3;2*6-7H,2-3,5H2,1H3;3H,1-2H3;/q;;;;;+2/p-2. The Morgan fingerprint density at radius 1 is 0.643 bits per heavy atom. The van der Waals surface area contributed by atoms with E-state index in [1.54, 1.807) is 47.5 Å². The Balaban J connectivity index is 0.000000239. The van der Waals surface area contributed by atoms with Crippen LogP contribution in [0.4, 0.5) is 0 Å². The predicted octanol–water partition coefficient (Wildman–Crippen LogP) is 7.17. The molecule has 0 fully saturated rings. The molecule has 42 heavy (non-hydrogen) atoms. The summed E-state index contributed by atoms with van der Waals surface area (Å²) in [5, 5.41) is 22.4. The van der Waals surface area contributed by atoms with Crippen LogP contribution in [0.1, 0.15) is 52.4 Å². The van der Waals surface area contributed by atoms with E-state index in [9.17, 15) is 10.2 Å². The summed E-state index contributed by atoms with van der Waals surface area (Å²) < 4.78 is 23.0. The summed E-state index contributed by atoms with van der Waals surface area (Å²) in [6.45, 7) is 9.80. The molecule has 0 bridgehead atoms. The maximum absolute atomic E-state index is 11.2. The first-order valence-electron chi connectivity index (χ1n) is 14.7. The molecule has 2 aromatic carbocycles. The molecule has 0 aromatic heterocycles. The number of para-hydroxylation sites is 2. The molecular formula is C34H47O6SiZr. The predicted molar refractivity (Wildman–Crippen MR) is 168 cm³/mol. The fraction of sp³-hybridized carbons (Fsp3) is 0.412. The van der Waals surface area contributed by atoms with Crippen LogP contribution in [0.5, 0.6) is 34.5 Å². The summed E-state index contributed by atoms with van der Waals surface area (Å²) in [6.07, 6.45) is 18.0. The maximum atomic E-state index is 11.2. The van der Waals surface area contributed by atoms with Crippen molar-refractivity contribution in [3.05, 3.63) is 78.4 Å². The summed E-state index contributed by atoms with van der Waals surface area (Å²) in [5.41, 5.74) is 3.27. The minimum Gasteiger partial charge on any atom is -0.867 e. The van der Waals surface area contributed by atoms with Crippen LogP contribution in [0.25, 0.3) is 0 Å². The zero-order chi connectivity index (χ0) is 31.1. The van der Waals surface area contributed by atoms with Gasteiger partial charge in [-0.3, -0.25) is 0 Å². The van der Waals surface area contributed by atoms with Crippen molar-refractivity contribution >= 4 is 5.92 Å². The van der Waals surface area contributed by atoms with E-state index in [2.05, 4.69) is 51.2 Å². The largest absolute Gasteiger partial charge is 0.867 e. The Morgan fingerprint density at radius 2 is 0.976 bits per heavy atom. The van der Waals surface area contributed by atoms with E-state index in [1.807, 2.05) is 6.56 Å². The van der Waals surface area contributed by atoms with Crippen molar-refractivity contribution in [1.82, 2.24) is 0 Å².